The van der Waals surface area contributed by atoms with Crippen LogP contribution in [0.2, 0.25) is 0 Å². The lowest BCUT2D eigenvalue weighted by Gasteiger charge is -2.23. The molecular weight excluding hydrogens is 459 g/mol. The van der Waals surface area contributed by atoms with E-state index in [4.69, 9.17) is 0 Å². The van der Waals surface area contributed by atoms with Gasteiger partial charge in [-0.1, -0.05) is 42.5 Å². The number of amides is 1. The Kier molecular flexibility index (Phi) is 8.52. The number of benzene rings is 3. The van der Waals surface area contributed by atoms with Crippen LogP contribution in [0.25, 0.3) is 0 Å². The molecular formula is C25H27FN2O3S2. The Morgan fingerprint density at radius 2 is 1.76 bits per heavy atom. The van der Waals surface area contributed by atoms with E-state index in [1.807, 2.05) is 25.1 Å². The first-order valence-corrected chi connectivity index (χ1v) is 13.5. The lowest BCUT2D eigenvalue weighted by molar-refractivity contribution is 0.0956. The molecule has 0 aromatic heterocycles. The Hall–Kier alpha value is -2.84. The van der Waals surface area contributed by atoms with Gasteiger partial charge in [0.25, 0.3) is 5.91 Å². The first-order valence-electron chi connectivity index (χ1n) is 10.5. The quantitative estimate of drug-likeness (QED) is 0.420. The summed E-state index contributed by atoms with van der Waals surface area (Å²) in [6, 6.07) is 20.9. The zero-order valence-corrected chi connectivity index (χ0v) is 20.3. The number of hydrogen-bond acceptors (Lipinski definition) is 4. The molecule has 8 heteroatoms. The van der Waals surface area contributed by atoms with E-state index in [-0.39, 0.29) is 18.3 Å². The summed E-state index contributed by atoms with van der Waals surface area (Å²) in [6.45, 7) is 2.56. The van der Waals surface area contributed by atoms with Crippen LogP contribution in [0.4, 0.5) is 10.1 Å². The third-order valence-electron chi connectivity index (χ3n) is 4.98. The molecule has 0 aliphatic heterocycles. The minimum absolute atomic E-state index is 0.177. The highest BCUT2D eigenvalue weighted by atomic mass is 32.2. The number of carbonyl (C=O) groups is 1. The van der Waals surface area contributed by atoms with E-state index in [2.05, 4.69) is 5.32 Å². The Labute approximate surface area is 199 Å². The summed E-state index contributed by atoms with van der Waals surface area (Å²) in [7, 11) is -3.47. The van der Waals surface area contributed by atoms with Crippen LogP contribution in [-0.2, 0) is 22.3 Å². The van der Waals surface area contributed by atoms with E-state index >= 15 is 0 Å². The Morgan fingerprint density at radius 3 is 2.42 bits per heavy atom. The van der Waals surface area contributed by atoms with E-state index < -0.39 is 10.0 Å². The van der Waals surface area contributed by atoms with Crippen LogP contribution in [0, 0.1) is 12.7 Å². The topological polar surface area (TPSA) is 66.5 Å². The van der Waals surface area contributed by atoms with Crippen molar-refractivity contribution >= 4 is 33.4 Å². The first-order chi connectivity index (χ1) is 15.7. The Balaban J connectivity index is 1.53. The number of thioether (sulfide) groups is 1. The maximum absolute atomic E-state index is 13.6. The first kappa shape index (κ1) is 24.8. The molecule has 1 amide bonds. The van der Waals surface area contributed by atoms with Gasteiger partial charge in [0, 0.05) is 23.6 Å². The highest BCUT2D eigenvalue weighted by Gasteiger charge is 2.18. The lowest BCUT2D eigenvalue weighted by atomic mass is 10.1. The fourth-order valence-corrected chi connectivity index (χ4v) is 4.97. The SMILES string of the molecule is Cc1cccc(N(Cc2ccc(C(=O)NCCSCc3ccccc3F)cc2)S(C)(=O)=O)c1. The van der Waals surface area contributed by atoms with Gasteiger partial charge in [0.2, 0.25) is 10.0 Å². The molecule has 174 valence electrons. The highest BCUT2D eigenvalue weighted by Crippen LogP contribution is 2.22. The fraction of sp³-hybridized carbons (Fsp3) is 0.240. The van der Waals surface area contributed by atoms with E-state index in [9.17, 15) is 17.6 Å². The van der Waals surface area contributed by atoms with Gasteiger partial charge in [0.05, 0.1) is 18.5 Å². The van der Waals surface area contributed by atoms with E-state index in [0.29, 0.717) is 34.9 Å². The minimum Gasteiger partial charge on any atom is -0.351 e. The molecule has 0 aliphatic carbocycles. The predicted molar refractivity (Wildman–Crippen MR) is 134 cm³/mol. The van der Waals surface area contributed by atoms with Crippen molar-refractivity contribution in [2.24, 2.45) is 0 Å². The van der Waals surface area contributed by atoms with Crippen molar-refractivity contribution in [2.45, 2.75) is 19.2 Å². The summed E-state index contributed by atoms with van der Waals surface area (Å²) in [4.78, 5) is 12.4. The zero-order valence-electron chi connectivity index (χ0n) is 18.6. The maximum Gasteiger partial charge on any atom is 0.251 e. The predicted octanol–water partition coefficient (Wildman–Crippen LogP) is 4.76. The molecule has 0 aliphatic rings. The average Bonchev–Trinajstić information content (AvgIpc) is 2.78. The second kappa shape index (κ2) is 11.3. The van der Waals surface area contributed by atoms with Crippen LogP contribution in [0.1, 0.15) is 27.0 Å². The molecule has 5 nitrogen and oxygen atoms in total. The molecule has 0 fully saturated rings. The minimum atomic E-state index is -3.47. The van der Waals surface area contributed by atoms with Crippen LogP contribution >= 0.6 is 11.8 Å². The van der Waals surface area contributed by atoms with Crippen molar-refractivity contribution in [1.82, 2.24) is 5.32 Å². The summed E-state index contributed by atoms with van der Waals surface area (Å²) in [5, 5.41) is 2.86. The van der Waals surface area contributed by atoms with Crippen molar-refractivity contribution in [3.05, 3.63) is 101 Å². The fourth-order valence-electron chi connectivity index (χ4n) is 3.25. The van der Waals surface area contributed by atoms with Crippen LogP contribution in [0.15, 0.2) is 72.8 Å². The number of aryl methyl sites for hydroxylation is 1. The van der Waals surface area contributed by atoms with E-state index in [1.165, 1.54) is 16.6 Å². The molecule has 3 rings (SSSR count). The molecule has 0 saturated heterocycles. The molecule has 33 heavy (non-hydrogen) atoms. The maximum atomic E-state index is 13.6. The van der Waals surface area contributed by atoms with Gasteiger partial charge >= 0.3 is 0 Å². The second-order valence-corrected chi connectivity index (χ2v) is 10.7. The van der Waals surface area contributed by atoms with Crippen LogP contribution in [0.5, 0.6) is 0 Å². The van der Waals surface area contributed by atoms with Crippen LogP contribution in [-0.4, -0.2) is 32.9 Å². The van der Waals surface area contributed by atoms with Crippen molar-refractivity contribution in [1.29, 1.82) is 0 Å². The van der Waals surface area contributed by atoms with E-state index in [1.54, 1.807) is 60.3 Å². The monoisotopic (exact) mass is 486 g/mol. The lowest BCUT2D eigenvalue weighted by Crippen LogP contribution is -2.29. The number of hydrogen-bond donors (Lipinski definition) is 1. The summed E-state index contributed by atoms with van der Waals surface area (Å²) in [5.41, 5.74) is 3.50. The number of sulfonamides is 1. The molecule has 0 spiro atoms. The van der Waals surface area contributed by atoms with Gasteiger partial charge in [-0.3, -0.25) is 9.10 Å². The van der Waals surface area contributed by atoms with Crippen molar-refractivity contribution in [3.63, 3.8) is 0 Å². The van der Waals surface area contributed by atoms with Gasteiger partial charge in [0.1, 0.15) is 5.82 Å². The molecule has 0 radical (unpaired) electrons. The normalized spacial score (nSPS) is 11.2. The molecule has 0 atom stereocenters. The molecule has 0 heterocycles. The van der Waals surface area contributed by atoms with Crippen molar-refractivity contribution in [2.75, 3.05) is 22.9 Å². The third kappa shape index (κ3) is 7.33. The van der Waals surface area contributed by atoms with Crippen LogP contribution in [0.3, 0.4) is 0 Å². The molecule has 0 unspecified atom stereocenters. The van der Waals surface area contributed by atoms with Gasteiger partial charge in [-0.2, -0.15) is 11.8 Å². The average molecular weight is 487 g/mol. The van der Waals surface area contributed by atoms with Crippen LogP contribution < -0.4 is 9.62 Å². The summed E-state index contributed by atoms with van der Waals surface area (Å²) >= 11 is 1.55. The molecule has 1 N–H and O–H groups in total. The third-order valence-corrected chi connectivity index (χ3v) is 7.13. The van der Waals surface area contributed by atoms with Crippen molar-refractivity contribution < 1.29 is 17.6 Å². The smallest absolute Gasteiger partial charge is 0.251 e. The number of anilines is 1. The number of nitrogens with zero attached hydrogens (tertiary/aromatic N) is 1. The molecule has 3 aromatic carbocycles. The summed E-state index contributed by atoms with van der Waals surface area (Å²) in [6.07, 6.45) is 1.18. The Bertz CT molecular complexity index is 1200. The summed E-state index contributed by atoms with van der Waals surface area (Å²) < 4.78 is 39.7. The van der Waals surface area contributed by atoms with Gasteiger partial charge in [0.15, 0.2) is 0 Å². The number of carbonyl (C=O) groups excluding carboxylic acids is 1. The molecule has 0 saturated carbocycles. The zero-order chi connectivity index (χ0) is 23.8. The van der Waals surface area contributed by atoms with Gasteiger partial charge in [-0.25, -0.2) is 12.8 Å². The van der Waals surface area contributed by atoms with Gasteiger partial charge in [-0.05, 0) is 53.9 Å². The summed E-state index contributed by atoms with van der Waals surface area (Å²) in [5.74, 6) is 0.796. The van der Waals surface area contributed by atoms with Gasteiger partial charge < -0.3 is 5.32 Å². The molecule has 0 bridgehead atoms. The Morgan fingerprint density at radius 1 is 1.03 bits per heavy atom. The van der Waals surface area contributed by atoms with Crippen molar-refractivity contribution in [3.8, 4) is 0 Å². The van der Waals surface area contributed by atoms with E-state index in [0.717, 1.165) is 11.1 Å². The molecule has 3 aromatic rings. The second-order valence-electron chi connectivity index (χ2n) is 7.71. The number of nitrogens with one attached hydrogen (secondary N) is 1. The number of rotatable bonds is 10. The standard InChI is InChI=1S/C25H27FN2O3S2/c1-19-6-5-8-23(16-19)28(33(2,30)31)17-20-10-12-21(13-11-20)25(29)27-14-15-32-18-22-7-3-4-9-24(22)26/h3-13,16H,14-15,17-18H2,1-2H3,(H,27,29). The number of halogens is 1. The van der Waals surface area contributed by atoms with Gasteiger partial charge in [-0.15, -0.1) is 0 Å². The largest absolute Gasteiger partial charge is 0.351 e. The highest BCUT2D eigenvalue weighted by molar-refractivity contribution is 7.98.